The SMILES string of the molecule is C=C(CCCOC(=O)C(=C)C)OC(C)C/C=C(/OC(C)=O)C(O)CC. The number of esters is 2. The third-order valence-electron chi connectivity index (χ3n) is 3.18. The first-order chi connectivity index (χ1) is 11.7. The number of carbonyl (C=O) groups is 2. The first-order valence-corrected chi connectivity index (χ1v) is 8.40. The summed E-state index contributed by atoms with van der Waals surface area (Å²) in [6, 6.07) is 0. The van der Waals surface area contributed by atoms with E-state index in [1.807, 2.05) is 6.92 Å². The summed E-state index contributed by atoms with van der Waals surface area (Å²) in [7, 11) is 0. The fourth-order valence-corrected chi connectivity index (χ4v) is 1.84. The molecule has 0 spiro atoms. The van der Waals surface area contributed by atoms with E-state index in [1.54, 1.807) is 19.9 Å². The molecule has 0 heterocycles. The zero-order valence-corrected chi connectivity index (χ0v) is 15.7. The summed E-state index contributed by atoms with van der Waals surface area (Å²) in [6.07, 6.45) is 2.72. The summed E-state index contributed by atoms with van der Waals surface area (Å²) in [5.41, 5.74) is 0.369. The molecule has 0 aliphatic carbocycles. The van der Waals surface area contributed by atoms with Gasteiger partial charge in [0.15, 0.2) is 0 Å². The summed E-state index contributed by atoms with van der Waals surface area (Å²) in [4.78, 5) is 22.3. The number of allylic oxidation sites excluding steroid dienone is 1. The van der Waals surface area contributed by atoms with Gasteiger partial charge in [0.25, 0.3) is 0 Å². The molecule has 0 aromatic rings. The number of aliphatic hydroxyl groups excluding tert-OH is 1. The zero-order chi connectivity index (χ0) is 19.4. The molecule has 0 radical (unpaired) electrons. The number of hydrogen-bond donors (Lipinski definition) is 1. The number of aliphatic hydroxyl groups is 1. The molecule has 0 amide bonds. The highest BCUT2D eigenvalue weighted by Gasteiger charge is 2.13. The largest absolute Gasteiger partial charge is 0.495 e. The fourth-order valence-electron chi connectivity index (χ4n) is 1.84. The Morgan fingerprint density at radius 3 is 2.40 bits per heavy atom. The molecule has 6 heteroatoms. The Kier molecular flexibility index (Phi) is 11.3. The van der Waals surface area contributed by atoms with E-state index in [1.165, 1.54) is 6.92 Å². The van der Waals surface area contributed by atoms with Crippen LogP contribution < -0.4 is 0 Å². The molecule has 0 aliphatic heterocycles. The molecule has 0 bridgehead atoms. The van der Waals surface area contributed by atoms with Crippen molar-refractivity contribution in [2.75, 3.05) is 6.61 Å². The van der Waals surface area contributed by atoms with Crippen LogP contribution in [-0.4, -0.2) is 35.9 Å². The first-order valence-electron chi connectivity index (χ1n) is 8.40. The molecule has 142 valence electrons. The molecule has 0 rings (SSSR count). The van der Waals surface area contributed by atoms with Crippen molar-refractivity contribution in [3.8, 4) is 0 Å². The smallest absolute Gasteiger partial charge is 0.333 e. The van der Waals surface area contributed by atoms with Crippen LogP contribution in [0.5, 0.6) is 0 Å². The standard InChI is InChI=1S/C19H30O6/c1-7-17(21)18(25-16(6)20)11-10-15(5)24-14(4)9-8-12-23-19(22)13(2)3/h11,15,17,21H,2,4,7-10,12H2,1,3,5-6H3/b18-11+. The van der Waals surface area contributed by atoms with Crippen LogP contribution in [0.1, 0.15) is 53.4 Å². The third-order valence-corrected chi connectivity index (χ3v) is 3.18. The van der Waals surface area contributed by atoms with Gasteiger partial charge in [0, 0.05) is 25.3 Å². The Hall–Kier alpha value is -2.08. The van der Waals surface area contributed by atoms with E-state index in [2.05, 4.69) is 13.2 Å². The van der Waals surface area contributed by atoms with Crippen LogP contribution in [0, 0.1) is 0 Å². The molecule has 6 nitrogen and oxygen atoms in total. The lowest BCUT2D eigenvalue weighted by atomic mass is 10.1. The maximum Gasteiger partial charge on any atom is 0.333 e. The predicted octanol–water partition coefficient (Wildman–Crippen LogP) is 3.41. The van der Waals surface area contributed by atoms with Crippen LogP contribution in [0.15, 0.2) is 36.3 Å². The van der Waals surface area contributed by atoms with Crippen LogP contribution in [0.2, 0.25) is 0 Å². The molecular formula is C19H30O6. The highest BCUT2D eigenvalue weighted by Crippen LogP contribution is 2.15. The lowest BCUT2D eigenvalue weighted by Gasteiger charge is -2.17. The van der Waals surface area contributed by atoms with Gasteiger partial charge in [-0.3, -0.25) is 4.79 Å². The van der Waals surface area contributed by atoms with Crippen molar-refractivity contribution >= 4 is 11.9 Å². The van der Waals surface area contributed by atoms with Crippen molar-refractivity contribution in [3.63, 3.8) is 0 Å². The summed E-state index contributed by atoms with van der Waals surface area (Å²) >= 11 is 0. The maximum absolute atomic E-state index is 11.2. The second-order valence-corrected chi connectivity index (χ2v) is 5.85. The highest BCUT2D eigenvalue weighted by molar-refractivity contribution is 5.86. The zero-order valence-electron chi connectivity index (χ0n) is 15.7. The highest BCUT2D eigenvalue weighted by atomic mass is 16.5. The van der Waals surface area contributed by atoms with Crippen LogP contribution in [0.4, 0.5) is 0 Å². The van der Waals surface area contributed by atoms with Crippen molar-refractivity contribution < 1.29 is 28.9 Å². The van der Waals surface area contributed by atoms with E-state index in [9.17, 15) is 14.7 Å². The molecule has 1 N–H and O–H groups in total. The van der Waals surface area contributed by atoms with Gasteiger partial charge in [0.1, 0.15) is 11.9 Å². The second-order valence-electron chi connectivity index (χ2n) is 5.85. The molecule has 0 aromatic carbocycles. The third kappa shape index (κ3) is 11.2. The number of hydrogen-bond acceptors (Lipinski definition) is 6. The first kappa shape index (κ1) is 22.9. The molecule has 0 saturated heterocycles. The molecular weight excluding hydrogens is 324 g/mol. The van der Waals surface area contributed by atoms with Crippen molar-refractivity contribution in [2.24, 2.45) is 0 Å². The van der Waals surface area contributed by atoms with Crippen molar-refractivity contribution in [3.05, 3.63) is 36.3 Å². The van der Waals surface area contributed by atoms with Gasteiger partial charge in [-0.05, 0) is 32.8 Å². The van der Waals surface area contributed by atoms with Crippen molar-refractivity contribution in [1.82, 2.24) is 0 Å². The van der Waals surface area contributed by atoms with E-state index >= 15 is 0 Å². The molecule has 0 fully saturated rings. The van der Waals surface area contributed by atoms with E-state index in [0.717, 1.165) is 0 Å². The summed E-state index contributed by atoms with van der Waals surface area (Å²) in [6.45, 7) is 14.2. The minimum absolute atomic E-state index is 0.194. The molecule has 0 aliphatic rings. The lowest BCUT2D eigenvalue weighted by Crippen LogP contribution is -2.15. The van der Waals surface area contributed by atoms with Crippen molar-refractivity contribution in [1.29, 1.82) is 0 Å². The Bertz CT molecular complexity index is 506. The van der Waals surface area contributed by atoms with E-state index in [0.29, 0.717) is 37.0 Å². The summed E-state index contributed by atoms with van der Waals surface area (Å²) in [5, 5.41) is 9.84. The molecule has 2 unspecified atom stereocenters. The van der Waals surface area contributed by atoms with Gasteiger partial charge >= 0.3 is 11.9 Å². The van der Waals surface area contributed by atoms with E-state index in [4.69, 9.17) is 14.2 Å². The van der Waals surface area contributed by atoms with E-state index in [-0.39, 0.29) is 18.5 Å². The average Bonchev–Trinajstić information content (AvgIpc) is 2.53. The summed E-state index contributed by atoms with van der Waals surface area (Å²) < 4.78 is 15.7. The van der Waals surface area contributed by atoms with Crippen LogP contribution in [0.3, 0.4) is 0 Å². The predicted molar refractivity (Wildman–Crippen MR) is 95.5 cm³/mol. The number of carbonyl (C=O) groups excluding carboxylic acids is 2. The van der Waals surface area contributed by atoms with Crippen LogP contribution in [0.25, 0.3) is 0 Å². The van der Waals surface area contributed by atoms with Crippen LogP contribution in [-0.2, 0) is 23.8 Å². The van der Waals surface area contributed by atoms with Gasteiger partial charge < -0.3 is 19.3 Å². The Morgan fingerprint density at radius 1 is 1.24 bits per heavy atom. The van der Waals surface area contributed by atoms with Gasteiger partial charge in [-0.2, -0.15) is 0 Å². The van der Waals surface area contributed by atoms with Gasteiger partial charge in [0.2, 0.25) is 0 Å². The molecule has 2 atom stereocenters. The second kappa shape index (κ2) is 12.3. The van der Waals surface area contributed by atoms with Gasteiger partial charge in [-0.15, -0.1) is 0 Å². The minimum atomic E-state index is -0.817. The lowest BCUT2D eigenvalue weighted by molar-refractivity contribution is -0.139. The Labute approximate surface area is 150 Å². The van der Waals surface area contributed by atoms with Gasteiger partial charge in [-0.25, -0.2) is 4.79 Å². The maximum atomic E-state index is 11.2. The van der Waals surface area contributed by atoms with E-state index < -0.39 is 18.0 Å². The topological polar surface area (TPSA) is 82.1 Å². The molecule has 0 aromatic heterocycles. The van der Waals surface area contributed by atoms with Gasteiger partial charge in [0.05, 0.1) is 18.5 Å². The molecule has 25 heavy (non-hydrogen) atoms. The number of rotatable bonds is 12. The average molecular weight is 354 g/mol. The monoisotopic (exact) mass is 354 g/mol. The molecule has 0 saturated carbocycles. The fraction of sp³-hybridized carbons (Fsp3) is 0.579. The van der Waals surface area contributed by atoms with Crippen molar-refractivity contribution in [2.45, 2.75) is 65.6 Å². The summed E-state index contributed by atoms with van der Waals surface area (Å²) in [5.74, 6) is -0.0568. The quantitative estimate of drug-likeness (QED) is 0.250. The Morgan fingerprint density at radius 2 is 1.88 bits per heavy atom. The van der Waals surface area contributed by atoms with Gasteiger partial charge in [-0.1, -0.05) is 20.1 Å². The number of ether oxygens (including phenoxy) is 3. The normalized spacial score (nSPS) is 13.6. The van der Waals surface area contributed by atoms with Crippen LogP contribution >= 0.6 is 0 Å². The minimum Gasteiger partial charge on any atom is -0.495 e. The Balaban J connectivity index is 4.25.